The number of carbonyl (C=O) groups is 1. The number of carbonyl (C=O) groups excluding carboxylic acids is 1. The first-order valence-corrected chi connectivity index (χ1v) is 4.01. The molecule has 78 valence electrons. The zero-order valence-corrected chi connectivity index (χ0v) is 7.28. The van der Waals surface area contributed by atoms with E-state index in [9.17, 15) is 15.0 Å². The Kier molecular flexibility index (Phi) is 3.66. The van der Waals surface area contributed by atoms with E-state index in [0.717, 1.165) is 5.06 Å². The normalized spacial score (nSPS) is 27.0. The molecule has 0 aromatic carbocycles. The third kappa shape index (κ3) is 2.57. The molecule has 1 rings (SSSR count). The lowest BCUT2D eigenvalue weighted by Crippen LogP contribution is -2.38. The van der Waals surface area contributed by atoms with Gasteiger partial charge in [0.15, 0.2) is 0 Å². The maximum absolute atomic E-state index is 10.9. The van der Waals surface area contributed by atoms with Gasteiger partial charge in [0.2, 0.25) is 0 Å². The fourth-order valence-corrected chi connectivity index (χ4v) is 1.11. The van der Waals surface area contributed by atoms with E-state index in [1.54, 1.807) is 0 Å². The minimum atomic E-state index is -1.000. The highest BCUT2D eigenvalue weighted by Crippen LogP contribution is 2.20. The summed E-state index contributed by atoms with van der Waals surface area (Å²) >= 11 is 0. The van der Waals surface area contributed by atoms with Crippen LogP contribution in [0, 0.1) is 0 Å². The molecular formula is C6H10N4O4. The van der Waals surface area contributed by atoms with Crippen LogP contribution in [0.3, 0.4) is 0 Å². The summed E-state index contributed by atoms with van der Waals surface area (Å²) in [5.41, 5.74) is 7.92. The van der Waals surface area contributed by atoms with Crippen molar-refractivity contribution in [2.45, 2.75) is 25.3 Å². The smallest absolute Gasteiger partial charge is 0.331 e. The van der Waals surface area contributed by atoms with Crippen molar-refractivity contribution in [1.29, 1.82) is 0 Å². The summed E-state index contributed by atoms with van der Waals surface area (Å²) in [5.74, 6) is -0.817. The molecule has 2 unspecified atom stereocenters. The second kappa shape index (κ2) is 4.77. The van der Waals surface area contributed by atoms with Crippen LogP contribution >= 0.6 is 0 Å². The van der Waals surface area contributed by atoms with E-state index >= 15 is 0 Å². The third-order valence-corrected chi connectivity index (χ3v) is 1.74. The van der Waals surface area contributed by atoms with Gasteiger partial charge in [0.25, 0.3) is 0 Å². The van der Waals surface area contributed by atoms with E-state index in [0.29, 0.717) is 12.8 Å². The van der Waals surface area contributed by atoms with E-state index in [1.165, 1.54) is 0 Å². The molecule has 0 aliphatic carbocycles. The van der Waals surface area contributed by atoms with Gasteiger partial charge in [-0.25, -0.2) is 0 Å². The van der Waals surface area contributed by atoms with Gasteiger partial charge in [-0.2, -0.15) is 0 Å². The van der Waals surface area contributed by atoms with Crippen LogP contribution in [-0.4, -0.2) is 40.2 Å². The van der Waals surface area contributed by atoms with Crippen molar-refractivity contribution in [3.63, 3.8) is 0 Å². The van der Waals surface area contributed by atoms with Crippen molar-refractivity contribution in [2.75, 3.05) is 6.54 Å². The van der Waals surface area contributed by atoms with Crippen LogP contribution < -0.4 is 0 Å². The van der Waals surface area contributed by atoms with Gasteiger partial charge in [0.1, 0.15) is 19.0 Å². The Bertz CT molecular complexity index is 255. The SMILES string of the molecule is [N-]=[N+]=NCC(=O)ON1C(O)CCC1O. The predicted molar refractivity (Wildman–Crippen MR) is 43.2 cm³/mol. The highest BCUT2D eigenvalue weighted by molar-refractivity contribution is 5.71. The van der Waals surface area contributed by atoms with E-state index < -0.39 is 25.0 Å². The molecule has 0 spiro atoms. The molecule has 14 heavy (non-hydrogen) atoms. The quantitative estimate of drug-likeness (QED) is 0.363. The molecule has 0 aromatic heterocycles. The molecule has 8 heteroatoms. The van der Waals surface area contributed by atoms with E-state index in [4.69, 9.17) is 5.53 Å². The van der Waals surface area contributed by atoms with Crippen molar-refractivity contribution in [2.24, 2.45) is 5.11 Å². The molecule has 0 aromatic rings. The van der Waals surface area contributed by atoms with Crippen molar-refractivity contribution < 1.29 is 19.8 Å². The topological polar surface area (TPSA) is 119 Å². The second-order valence-corrected chi connectivity index (χ2v) is 2.75. The Morgan fingerprint density at radius 1 is 1.57 bits per heavy atom. The minimum Gasteiger partial charge on any atom is -0.375 e. The fourth-order valence-electron chi connectivity index (χ4n) is 1.11. The second-order valence-electron chi connectivity index (χ2n) is 2.75. The summed E-state index contributed by atoms with van der Waals surface area (Å²) in [6.07, 6.45) is -1.34. The largest absolute Gasteiger partial charge is 0.375 e. The van der Waals surface area contributed by atoms with Gasteiger partial charge < -0.3 is 15.1 Å². The standard InChI is InChI=1S/C6H10N4O4/c7-9-8-3-6(13)14-10-4(11)1-2-5(10)12/h4-5,11-12H,1-3H2. The molecule has 0 radical (unpaired) electrons. The summed E-state index contributed by atoms with van der Waals surface area (Å²) in [7, 11) is 0. The number of hydrogen-bond donors (Lipinski definition) is 2. The Balaban J connectivity index is 2.42. The van der Waals surface area contributed by atoms with Crippen molar-refractivity contribution >= 4 is 5.97 Å². The number of hydroxylamine groups is 2. The number of hydrogen-bond acceptors (Lipinski definition) is 6. The first-order valence-electron chi connectivity index (χ1n) is 4.01. The van der Waals surface area contributed by atoms with E-state index in [2.05, 4.69) is 14.9 Å². The summed E-state index contributed by atoms with van der Waals surface area (Å²) in [6, 6.07) is 0. The zero-order valence-electron chi connectivity index (χ0n) is 7.28. The lowest BCUT2D eigenvalue weighted by atomic mass is 10.3. The molecule has 0 amide bonds. The van der Waals surface area contributed by atoms with Crippen molar-refractivity contribution in [3.8, 4) is 0 Å². The first kappa shape index (κ1) is 10.7. The van der Waals surface area contributed by atoms with Crippen LogP contribution in [-0.2, 0) is 9.63 Å². The molecule has 0 bridgehead atoms. The van der Waals surface area contributed by atoms with Crippen molar-refractivity contribution in [3.05, 3.63) is 10.4 Å². The molecule has 1 heterocycles. The monoisotopic (exact) mass is 202 g/mol. The molecule has 2 atom stereocenters. The lowest BCUT2D eigenvalue weighted by Gasteiger charge is -2.21. The lowest BCUT2D eigenvalue weighted by molar-refractivity contribution is -0.260. The summed E-state index contributed by atoms with van der Waals surface area (Å²) in [5, 5.41) is 22.2. The van der Waals surface area contributed by atoms with Gasteiger partial charge in [0.05, 0.1) is 0 Å². The summed E-state index contributed by atoms with van der Waals surface area (Å²) in [4.78, 5) is 17.8. The highest BCUT2D eigenvalue weighted by Gasteiger charge is 2.33. The number of aliphatic hydroxyl groups is 2. The van der Waals surface area contributed by atoms with E-state index in [1.807, 2.05) is 0 Å². The van der Waals surface area contributed by atoms with Gasteiger partial charge >= 0.3 is 5.97 Å². The third-order valence-electron chi connectivity index (χ3n) is 1.74. The Morgan fingerprint density at radius 2 is 2.14 bits per heavy atom. The van der Waals surface area contributed by atoms with E-state index in [-0.39, 0.29) is 0 Å². The number of aliphatic hydroxyl groups excluding tert-OH is 2. The highest BCUT2D eigenvalue weighted by atomic mass is 16.7. The maximum Gasteiger partial charge on any atom is 0.331 e. The van der Waals surface area contributed by atoms with Gasteiger partial charge in [-0.15, -0.1) is 0 Å². The fraction of sp³-hybridized carbons (Fsp3) is 0.833. The van der Waals surface area contributed by atoms with Crippen LogP contribution in [0.5, 0.6) is 0 Å². The maximum atomic E-state index is 10.9. The van der Waals surface area contributed by atoms with Crippen LogP contribution in [0.4, 0.5) is 0 Å². The Hall–Kier alpha value is -1.34. The van der Waals surface area contributed by atoms with Crippen molar-refractivity contribution in [1.82, 2.24) is 5.06 Å². The van der Waals surface area contributed by atoms with Crippen LogP contribution in [0.25, 0.3) is 10.4 Å². The summed E-state index contributed by atoms with van der Waals surface area (Å²) < 4.78 is 0. The summed E-state index contributed by atoms with van der Waals surface area (Å²) in [6.45, 7) is -0.466. The number of rotatable bonds is 3. The molecule has 1 saturated heterocycles. The zero-order chi connectivity index (χ0) is 10.6. The van der Waals surface area contributed by atoms with Gasteiger partial charge in [-0.1, -0.05) is 10.2 Å². The minimum absolute atomic E-state index is 0.329. The molecule has 1 fully saturated rings. The molecule has 8 nitrogen and oxygen atoms in total. The first-order chi connectivity index (χ1) is 6.65. The molecule has 1 aliphatic heterocycles. The molecule has 1 aliphatic rings. The average molecular weight is 202 g/mol. The molecule has 2 N–H and O–H groups in total. The van der Waals surface area contributed by atoms with Crippen LogP contribution in [0.2, 0.25) is 0 Å². The average Bonchev–Trinajstić information content (AvgIpc) is 2.46. The molecular weight excluding hydrogens is 192 g/mol. The van der Waals surface area contributed by atoms with Crippen LogP contribution in [0.15, 0.2) is 5.11 Å². The van der Waals surface area contributed by atoms with Gasteiger partial charge in [0, 0.05) is 4.91 Å². The number of azide groups is 1. The number of nitrogens with zero attached hydrogens (tertiary/aromatic N) is 4. The van der Waals surface area contributed by atoms with Gasteiger partial charge in [-0.3, -0.25) is 4.79 Å². The predicted octanol–water partition coefficient (Wildman–Crippen LogP) is -0.512. The van der Waals surface area contributed by atoms with Gasteiger partial charge in [-0.05, 0) is 18.4 Å². The van der Waals surface area contributed by atoms with Crippen LogP contribution in [0.1, 0.15) is 12.8 Å². The Labute approximate surface area is 79.3 Å². The Morgan fingerprint density at radius 3 is 2.64 bits per heavy atom. The molecule has 0 saturated carbocycles.